The highest BCUT2D eigenvalue weighted by Crippen LogP contribution is 2.16. The van der Waals surface area contributed by atoms with Crippen LogP contribution in [-0.2, 0) is 10.0 Å². The second kappa shape index (κ2) is 6.03. The second-order valence-corrected chi connectivity index (χ2v) is 6.17. The van der Waals surface area contributed by atoms with E-state index in [0.29, 0.717) is 5.56 Å². The number of rotatable bonds is 4. The minimum atomic E-state index is -3.73. The fraction of sp³-hybridized carbons (Fsp3) is 0.417. The van der Waals surface area contributed by atoms with Crippen molar-refractivity contribution >= 4 is 16.1 Å². The van der Waals surface area contributed by atoms with Crippen LogP contribution in [0.1, 0.15) is 32.4 Å². The lowest BCUT2D eigenvalue weighted by Gasteiger charge is -2.17. The van der Waals surface area contributed by atoms with Crippen LogP contribution >= 0.6 is 0 Å². The van der Waals surface area contributed by atoms with Gasteiger partial charge in [-0.05, 0) is 38.5 Å². The van der Waals surface area contributed by atoms with E-state index in [4.69, 9.17) is 5.14 Å². The Morgan fingerprint density at radius 3 is 2.37 bits per heavy atom. The van der Waals surface area contributed by atoms with Crippen molar-refractivity contribution < 1.29 is 13.2 Å². The Kier molecular flexibility index (Phi) is 4.90. The van der Waals surface area contributed by atoms with E-state index >= 15 is 0 Å². The number of sulfonamides is 1. The van der Waals surface area contributed by atoms with Gasteiger partial charge >= 0.3 is 6.03 Å². The number of hydrogen-bond acceptors (Lipinski definition) is 3. The van der Waals surface area contributed by atoms with Crippen LogP contribution in [0.5, 0.6) is 0 Å². The first-order valence-electron chi connectivity index (χ1n) is 5.90. The fourth-order valence-corrected chi connectivity index (χ4v) is 2.11. The summed E-state index contributed by atoms with van der Waals surface area (Å²) in [5.41, 5.74) is 0.672. The van der Waals surface area contributed by atoms with Gasteiger partial charge in [0.15, 0.2) is 0 Å². The normalized spacial score (nSPS) is 13.1. The number of carbonyl (C=O) groups excluding carboxylic acids is 1. The predicted octanol–water partition coefficient (Wildman–Crippen LogP) is 1.10. The molecule has 0 saturated carbocycles. The number of benzene rings is 1. The molecule has 0 heterocycles. The van der Waals surface area contributed by atoms with Crippen molar-refractivity contribution in [3.05, 3.63) is 29.8 Å². The van der Waals surface area contributed by atoms with Crippen LogP contribution in [0.3, 0.4) is 0 Å². The summed E-state index contributed by atoms with van der Waals surface area (Å²) in [5, 5.41) is 10.5. The van der Waals surface area contributed by atoms with E-state index in [9.17, 15) is 13.2 Å². The zero-order chi connectivity index (χ0) is 14.6. The first-order chi connectivity index (χ1) is 8.70. The van der Waals surface area contributed by atoms with Crippen LogP contribution in [0.2, 0.25) is 0 Å². The molecule has 0 spiro atoms. The Labute approximate surface area is 113 Å². The second-order valence-electron chi connectivity index (χ2n) is 4.61. The van der Waals surface area contributed by atoms with Crippen LogP contribution in [0.15, 0.2) is 29.2 Å². The van der Waals surface area contributed by atoms with Crippen molar-refractivity contribution in [1.29, 1.82) is 0 Å². The zero-order valence-electron chi connectivity index (χ0n) is 11.2. The van der Waals surface area contributed by atoms with Crippen LogP contribution in [-0.4, -0.2) is 20.5 Å². The molecule has 1 rings (SSSR count). The van der Waals surface area contributed by atoms with Gasteiger partial charge < -0.3 is 10.6 Å². The van der Waals surface area contributed by atoms with Crippen LogP contribution in [0, 0.1) is 0 Å². The van der Waals surface area contributed by atoms with Crippen LogP contribution in [0.25, 0.3) is 0 Å². The Morgan fingerprint density at radius 1 is 1.21 bits per heavy atom. The van der Waals surface area contributed by atoms with Gasteiger partial charge in [0.2, 0.25) is 10.0 Å². The van der Waals surface area contributed by atoms with Gasteiger partial charge in [0, 0.05) is 6.04 Å². The van der Waals surface area contributed by atoms with Crippen molar-refractivity contribution in [2.24, 2.45) is 5.14 Å². The molecular formula is C12H19N3O3S. The molecule has 1 aromatic rings. The van der Waals surface area contributed by atoms with Gasteiger partial charge in [-0.3, -0.25) is 0 Å². The van der Waals surface area contributed by atoms with E-state index in [1.807, 2.05) is 13.8 Å². The van der Waals surface area contributed by atoms with E-state index in [0.717, 1.165) is 0 Å². The topological polar surface area (TPSA) is 101 Å². The average Bonchev–Trinajstić information content (AvgIpc) is 2.26. The van der Waals surface area contributed by atoms with Gasteiger partial charge in [-0.1, -0.05) is 12.1 Å². The summed E-state index contributed by atoms with van der Waals surface area (Å²) >= 11 is 0. The molecule has 0 bridgehead atoms. The molecule has 6 nitrogen and oxygen atoms in total. The maximum Gasteiger partial charge on any atom is 0.315 e. The van der Waals surface area contributed by atoms with Crippen molar-refractivity contribution in [1.82, 2.24) is 10.6 Å². The van der Waals surface area contributed by atoms with Crippen LogP contribution < -0.4 is 15.8 Å². The smallest absolute Gasteiger partial charge is 0.315 e. The third-order valence-electron chi connectivity index (χ3n) is 2.45. The van der Waals surface area contributed by atoms with Crippen LogP contribution in [0.4, 0.5) is 4.79 Å². The van der Waals surface area contributed by atoms with E-state index in [-0.39, 0.29) is 23.0 Å². The van der Waals surface area contributed by atoms with E-state index in [1.165, 1.54) is 12.1 Å². The lowest BCUT2D eigenvalue weighted by atomic mass is 10.1. The maximum atomic E-state index is 11.6. The van der Waals surface area contributed by atoms with Gasteiger partial charge in [0.05, 0.1) is 10.9 Å². The number of carbonyl (C=O) groups is 1. The largest absolute Gasteiger partial charge is 0.336 e. The molecule has 0 aliphatic carbocycles. The molecule has 4 N–H and O–H groups in total. The maximum absolute atomic E-state index is 11.6. The van der Waals surface area contributed by atoms with Crippen molar-refractivity contribution in [3.8, 4) is 0 Å². The number of urea groups is 1. The molecular weight excluding hydrogens is 266 g/mol. The molecule has 0 saturated heterocycles. The summed E-state index contributed by atoms with van der Waals surface area (Å²) in [7, 11) is -3.73. The molecule has 1 aromatic carbocycles. The number of hydrogen-bond donors (Lipinski definition) is 3. The highest BCUT2D eigenvalue weighted by atomic mass is 32.2. The lowest BCUT2D eigenvalue weighted by molar-refractivity contribution is 0.235. The minimum absolute atomic E-state index is 0.0305. The molecule has 0 aromatic heterocycles. The molecule has 2 amide bonds. The van der Waals surface area contributed by atoms with Crippen molar-refractivity contribution in [2.45, 2.75) is 37.8 Å². The Bertz CT molecular complexity index is 555. The van der Waals surface area contributed by atoms with Gasteiger partial charge in [0.25, 0.3) is 0 Å². The fourth-order valence-electron chi connectivity index (χ4n) is 1.54. The van der Waals surface area contributed by atoms with E-state index in [1.54, 1.807) is 19.1 Å². The van der Waals surface area contributed by atoms with Gasteiger partial charge in [-0.25, -0.2) is 18.4 Å². The third kappa shape index (κ3) is 4.88. The van der Waals surface area contributed by atoms with Gasteiger partial charge in [0.1, 0.15) is 0 Å². The highest BCUT2D eigenvalue weighted by Gasteiger charge is 2.13. The quantitative estimate of drug-likeness (QED) is 0.772. The number of nitrogens with two attached hydrogens (primary N) is 1. The number of amides is 2. The zero-order valence-corrected chi connectivity index (χ0v) is 12.0. The van der Waals surface area contributed by atoms with Crippen molar-refractivity contribution in [2.75, 3.05) is 0 Å². The molecule has 7 heteroatoms. The van der Waals surface area contributed by atoms with Gasteiger partial charge in [-0.2, -0.15) is 0 Å². The number of primary sulfonamides is 1. The molecule has 1 unspecified atom stereocenters. The van der Waals surface area contributed by atoms with E-state index in [2.05, 4.69) is 10.6 Å². The Balaban J connectivity index is 2.83. The molecule has 0 radical (unpaired) electrons. The Morgan fingerprint density at radius 2 is 1.84 bits per heavy atom. The highest BCUT2D eigenvalue weighted by molar-refractivity contribution is 7.89. The average molecular weight is 285 g/mol. The summed E-state index contributed by atoms with van der Waals surface area (Å²) < 4.78 is 22.5. The minimum Gasteiger partial charge on any atom is -0.336 e. The molecule has 19 heavy (non-hydrogen) atoms. The summed E-state index contributed by atoms with van der Waals surface area (Å²) in [6.07, 6.45) is 0. The molecule has 1 atom stereocenters. The number of nitrogens with one attached hydrogen (secondary N) is 2. The summed E-state index contributed by atoms with van der Waals surface area (Å²) in [5.74, 6) is 0. The molecule has 106 valence electrons. The lowest BCUT2D eigenvalue weighted by Crippen LogP contribution is -2.40. The SMILES string of the molecule is CC(C)NC(=O)NC(C)c1cccc(S(N)(=O)=O)c1. The molecule has 0 fully saturated rings. The summed E-state index contributed by atoms with van der Waals surface area (Å²) in [6.45, 7) is 5.47. The predicted molar refractivity (Wildman–Crippen MR) is 73.0 cm³/mol. The Hall–Kier alpha value is -1.60. The molecule has 0 aliphatic heterocycles. The first-order valence-corrected chi connectivity index (χ1v) is 7.44. The van der Waals surface area contributed by atoms with E-state index < -0.39 is 10.0 Å². The molecule has 0 aliphatic rings. The third-order valence-corrected chi connectivity index (χ3v) is 3.36. The first kappa shape index (κ1) is 15.5. The summed E-state index contributed by atoms with van der Waals surface area (Å²) in [6, 6.07) is 5.60. The van der Waals surface area contributed by atoms with Gasteiger partial charge in [-0.15, -0.1) is 0 Å². The van der Waals surface area contributed by atoms with Crippen molar-refractivity contribution in [3.63, 3.8) is 0 Å². The standard InChI is InChI=1S/C12H19N3O3S/c1-8(2)14-12(16)15-9(3)10-5-4-6-11(7-10)19(13,17)18/h4-9H,1-3H3,(H2,13,17,18)(H2,14,15,16). The summed E-state index contributed by atoms with van der Waals surface area (Å²) in [4.78, 5) is 11.6. The monoisotopic (exact) mass is 285 g/mol.